The second-order valence-electron chi connectivity index (χ2n) is 5.05. The molecule has 8 heteroatoms. The highest BCUT2D eigenvalue weighted by Crippen LogP contribution is 2.23. The number of Topliss-reactive ketones (excluding diaryl/α,β-unsaturated/α-hetero) is 1. The summed E-state index contributed by atoms with van der Waals surface area (Å²) >= 11 is 0. The fraction of sp³-hybridized carbons (Fsp3) is 0.0625. The quantitative estimate of drug-likeness (QED) is 0.718. The van der Waals surface area contributed by atoms with E-state index < -0.39 is 10.0 Å². The SMILES string of the molecule is CC(=O)c1cccc(S(=O)(=O)Nc2ccccc2-n2ccnn2)c1. The number of nitrogens with zero attached hydrogens (tertiary/aromatic N) is 3. The van der Waals surface area contributed by atoms with Crippen LogP contribution >= 0.6 is 0 Å². The fourth-order valence-electron chi connectivity index (χ4n) is 2.18. The van der Waals surface area contributed by atoms with Crippen LogP contribution in [0.1, 0.15) is 17.3 Å². The Labute approximate surface area is 139 Å². The van der Waals surface area contributed by atoms with Crippen molar-refractivity contribution in [3.63, 3.8) is 0 Å². The molecule has 1 aromatic heterocycles. The molecule has 1 N–H and O–H groups in total. The number of hydrogen-bond acceptors (Lipinski definition) is 5. The third-order valence-electron chi connectivity index (χ3n) is 3.37. The van der Waals surface area contributed by atoms with Gasteiger partial charge < -0.3 is 0 Å². The molecule has 0 saturated carbocycles. The highest BCUT2D eigenvalue weighted by Gasteiger charge is 2.17. The first-order valence-electron chi connectivity index (χ1n) is 7.07. The molecule has 24 heavy (non-hydrogen) atoms. The second kappa shape index (κ2) is 6.25. The molecule has 0 bridgehead atoms. The topological polar surface area (TPSA) is 94.0 Å². The molecule has 0 aliphatic heterocycles. The van der Waals surface area contributed by atoms with E-state index in [0.717, 1.165) is 0 Å². The van der Waals surface area contributed by atoms with Crippen molar-refractivity contribution in [2.75, 3.05) is 4.72 Å². The lowest BCUT2D eigenvalue weighted by Crippen LogP contribution is -2.15. The molecule has 0 spiro atoms. The Kier molecular flexibility index (Phi) is 4.13. The minimum absolute atomic E-state index is 0.0172. The molecule has 0 radical (unpaired) electrons. The molecule has 3 rings (SSSR count). The Bertz CT molecular complexity index is 982. The van der Waals surface area contributed by atoms with Gasteiger partial charge in [-0.15, -0.1) is 5.10 Å². The van der Waals surface area contributed by atoms with E-state index in [-0.39, 0.29) is 10.7 Å². The van der Waals surface area contributed by atoms with Gasteiger partial charge in [-0.05, 0) is 31.2 Å². The van der Waals surface area contributed by atoms with Crippen LogP contribution in [0.3, 0.4) is 0 Å². The zero-order valence-corrected chi connectivity index (χ0v) is 13.6. The Morgan fingerprint density at radius 3 is 2.62 bits per heavy atom. The van der Waals surface area contributed by atoms with E-state index in [1.807, 2.05) is 0 Å². The summed E-state index contributed by atoms with van der Waals surface area (Å²) < 4.78 is 29.3. The van der Waals surface area contributed by atoms with Gasteiger partial charge in [-0.2, -0.15) is 0 Å². The number of rotatable bonds is 5. The highest BCUT2D eigenvalue weighted by molar-refractivity contribution is 7.92. The van der Waals surface area contributed by atoms with Crippen molar-refractivity contribution < 1.29 is 13.2 Å². The van der Waals surface area contributed by atoms with Gasteiger partial charge in [-0.3, -0.25) is 9.52 Å². The summed E-state index contributed by atoms with van der Waals surface area (Å²) in [6.45, 7) is 1.39. The Hall–Kier alpha value is -3.00. The van der Waals surface area contributed by atoms with E-state index in [0.29, 0.717) is 16.9 Å². The van der Waals surface area contributed by atoms with E-state index in [1.165, 1.54) is 36.0 Å². The van der Waals surface area contributed by atoms with Gasteiger partial charge in [0.15, 0.2) is 5.78 Å². The molecule has 122 valence electrons. The van der Waals surface area contributed by atoms with Gasteiger partial charge in [0.1, 0.15) is 0 Å². The minimum Gasteiger partial charge on any atom is -0.295 e. The Balaban J connectivity index is 1.99. The first-order valence-corrected chi connectivity index (χ1v) is 8.55. The minimum atomic E-state index is -3.85. The number of sulfonamides is 1. The van der Waals surface area contributed by atoms with Crippen molar-refractivity contribution >= 4 is 21.5 Å². The zero-order chi connectivity index (χ0) is 17.2. The van der Waals surface area contributed by atoms with Crippen LogP contribution in [0, 0.1) is 0 Å². The summed E-state index contributed by atoms with van der Waals surface area (Å²) in [5.41, 5.74) is 1.24. The zero-order valence-electron chi connectivity index (χ0n) is 12.7. The lowest BCUT2D eigenvalue weighted by molar-refractivity contribution is 0.101. The number of hydrogen-bond donors (Lipinski definition) is 1. The summed E-state index contributed by atoms with van der Waals surface area (Å²) in [6, 6.07) is 12.7. The molecule has 0 saturated heterocycles. The summed E-state index contributed by atoms with van der Waals surface area (Å²) in [5.74, 6) is -0.199. The molecule has 0 fully saturated rings. The number of ketones is 1. The smallest absolute Gasteiger partial charge is 0.261 e. The predicted octanol–water partition coefficient (Wildman–Crippen LogP) is 2.27. The Morgan fingerprint density at radius 1 is 1.12 bits per heavy atom. The summed E-state index contributed by atoms with van der Waals surface area (Å²) in [7, 11) is -3.85. The molecular formula is C16H14N4O3S. The average Bonchev–Trinajstić information content (AvgIpc) is 3.09. The number of carbonyl (C=O) groups excluding carboxylic acids is 1. The molecule has 3 aromatic rings. The standard InChI is InChI=1S/C16H14N4O3S/c1-12(21)13-5-4-6-14(11-13)24(22,23)18-15-7-2-3-8-16(15)20-10-9-17-19-20/h2-11,18H,1H3. The van der Waals surface area contributed by atoms with Crippen LogP contribution in [0.4, 0.5) is 5.69 Å². The average molecular weight is 342 g/mol. The van der Waals surface area contributed by atoms with E-state index in [2.05, 4.69) is 15.0 Å². The summed E-state index contributed by atoms with van der Waals surface area (Å²) in [6.07, 6.45) is 3.12. The Morgan fingerprint density at radius 2 is 1.92 bits per heavy atom. The molecule has 0 aliphatic rings. The number of para-hydroxylation sites is 2. The van der Waals surface area contributed by atoms with Gasteiger partial charge in [-0.25, -0.2) is 13.1 Å². The maximum atomic E-state index is 12.6. The lowest BCUT2D eigenvalue weighted by Gasteiger charge is -2.12. The van der Waals surface area contributed by atoms with Crippen molar-refractivity contribution in [1.82, 2.24) is 15.0 Å². The van der Waals surface area contributed by atoms with Gasteiger partial charge in [-0.1, -0.05) is 29.5 Å². The van der Waals surface area contributed by atoms with Crippen molar-refractivity contribution in [3.8, 4) is 5.69 Å². The van der Waals surface area contributed by atoms with Crippen LogP contribution in [0.2, 0.25) is 0 Å². The third-order valence-corrected chi connectivity index (χ3v) is 4.73. The number of carbonyl (C=O) groups is 1. The number of aromatic nitrogens is 3. The van der Waals surface area contributed by atoms with Crippen molar-refractivity contribution in [3.05, 3.63) is 66.5 Å². The fourth-order valence-corrected chi connectivity index (χ4v) is 3.30. The van der Waals surface area contributed by atoms with Gasteiger partial charge >= 0.3 is 0 Å². The monoisotopic (exact) mass is 342 g/mol. The van der Waals surface area contributed by atoms with Gasteiger partial charge in [0.2, 0.25) is 0 Å². The van der Waals surface area contributed by atoms with Crippen LogP contribution in [-0.4, -0.2) is 29.2 Å². The summed E-state index contributed by atoms with van der Waals surface area (Å²) in [4.78, 5) is 11.5. The highest BCUT2D eigenvalue weighted by atomic mass is 32.2. The maximum absolute atomic E-state index is 12.6. The van der Waals surface area contributed by atoms with Gasteiger partial charge in [0, 0.05) is 5.56 Å². The molecule has 0 amide bonds. The van der Waals surface area contributed by atoms with Crippen LogP contribution in [0.25, 0.3) is 5.69 Å². The largest absolute Gasteiger partial charge is 0.295 e. The van der Waals surface area contributed by atoms with Crippen molar-refractivity contribution in [2.24, 2.45) is 0 Å². The first-order chi connectivity index (χ1) is 11.5. The second-order valence-corrected chi connectivity index (χ2v) is 6.74. The van der Waals surface area contributed by atoms with Crippen LogP contribution in [-0.2, 0) is 10.0 Å². The van der Waals surface area contributed by atoms with Crippen molar-refractivity contribution in [2.45, 2.75) is 11.8 Å². The van der Waals surface area contributed by atoms with Gasteiger partial charge in [0.25, 0.3) is 10.0 Å². The normalized spacial score (nSPS) is 11.2. The molecule has 7 nitrogen and oxygen atoms in total. The predicted molar refractivity (Wildman–Crippen MR) is 88.6 cm³/mol. The molecule has 0 unspecified atom stereocenters. The van der Waals surface area contributed by atoms with Crippen LogP contribution in [0.5, 0.6) is 0 Å². The van der Waals surface area contributed by atoms with Crippen LogP contribution < -0.4 is 4.72 Å². The number of benzene rings is 2. The number of nitrogens with one attached hydrogen (secondary N) is 1. The first kappa shape index (κ1) is 15.9. The summed E-state index contributed by atoms with van der Waals surface area (Å²) in [5, 5.41) is 7.60. The molecular weight excluding hydrogens is 328 g/mol. The van der Waals surface area contributed by atoms with E-state index in [1.54, 1.807) is 36.5 Å². The molecule has 1 heterocycles. The molecule has 0 atom stereocenters. The molecule has 2 aromatic carbocycles. The van der Waals surface area contributed by atoms with E-state index >= 15 is 0 Å². The molecule has 0 aliphatic carbocycles. The van der Waals surface area contributed by atoms with Crippen LogP contribution in [0.15, 0.2) is 65.8 Å². The van der Waals surface area contributed by atoms with E-state index in [9.17, 15) is 13.2 Å². The van der Waals surface area contributed by atoms with Crippen molar-refractivity contribution in [1.29, 1.82) is 0 Å². The van der Waals surface area contributed by atoms with E-state index in [4.69, 9.17) is 0 Å². The lowest BCUT2D eigenvalue weighted by atomic mass is 10.2. The van der Waals surface area contributed by atoms with Gasteiger partial charge in [0.05, 0.1) is 28.7 Å². The number of anilines is 1. The maximum Gasteiger partial charge on any atom is 0.261 e. The third kappa shape index (κ3) is 3.18.